The van der Waals surface area contributed by atoms with Gasteiger partial charge in [-0.2, -0.15) is 5.10 Å². The third-order valence-corrected chi connectivity index (χ3v) is 3.42. The Morgan fingerprint density at radius 2 is 1.86 bits per heavy atom. The molecule has 1 aromatic heterocycles. The lowest BCUT2D eigenvalue weighted by atomic mass is 10.1. The van der Waals surface area contributed by atoms with Gasteiger partial charge in [0.1, 0.15) is 0 Å². The normalized spacial score (nSPS) is 13.0. The van der Waals surface area contributed by atoms with E-state index in [0.29, 0.717) is 21.3 Å². The van der Waals surface area contributed by atoms with E-state index in [-0.39, 0.29) is 5.54 Å². The fourth-order valence-corrected chi connectivity index (χ4v) is 2.39. The van der Waals surface area contributed by atoms with Crippen molar-refractivity contribution in [2.45, 2.75) is 32.4 Å². The zero-order valence-corrected chi connectivity index (χ0v) is 14.0. The topological polar surface area (TPSA) is 67.2 Å². The van der Waals surface area contributed by atoms with Gasteiger partial charge >= 0.3 is 0 Å². The molecule has 1 amide bonds. The number of aliphatic hydroxyl groups excluding tert-OH is 1. The maximum atomic E-state index is 12.1. The molecular formula is C15H17Cl2N3O2. The van der Waals surface area contributed by atoms with E-state index >= 15 is 0 Å². The number of nitrogens with zero attached hydrogens (tertiary/aromatic N) is 2. The Morgan fingerprint density at radius 1 is 1.27 bits per heavy atom. The standard InChI is InChI=1S/C15H17Cl2N3O2/c1-15(2,3)20-8-12(7-18-20)19-14(22)13(21)9-4-10(16)6-11(17)5-9/h4-8,13,21H,1-3H3,(H,19,22). The molecule has 1 unspecified atom stereocenters. The number of carbonyl (C=O) groups is 1. The first-order chi connectivity index (χ1) is 10.2. The van der Waals surface area contributed by atoms with E-state index in [2.05, 4.69) is 10.4 Å². The number of amides is 1. The molecule has 0 bridgehead atoms. The average Bonchev–Trinajstić information content (AvgIpc) is 2.85. The molecule has 2 N–H and O–H groups in total. The highest BCUT2D eigenvalue weighted by molar-refractivity contribution is 6.34. The van der Waals surface area contributed by atoms with Crippen LogP contribution in [0.2, 0.25) is 10.0 Å². The summed E-state index contributed by atoms with van der Waals surface area (Å²) in [5.74, 6) is -0.577. The molecule has 1 aromatic carbocycles. The quantitative estimate of drug-likeness (QED) is 0.895. The van der Waals surface area contributed by atoms with Crippen LogP contribution in [0.1, 0.15) is 32.4 Å². The van der Waals surface area contributed by atoms with E-state index in [9.17, 15) is 9.90 Å². The van der Waals surface area contributed by atoms with Crippen molar-refractivity contribution in [3.05, 3.63) is 46.2 Å². The number of carbonyl (C=O) groups excluding carboxylic acids is 1. The molecule has 0 aliphatic carbocycles. The molecule has 2 aromatic rings. The van der Waals surface area contributed by atoms with Gasteiger partial charge < -0.3 is 10.4 Å². The molecular weight excluding hydrogens is 325 g/mol. The third-order valence-electron chi connectivity index (χ3n) is 2.99. The van der Waals surface area contributed by atoms with E-state index in [1.165, 1.54) is 24.4 Å². The molecule has 0 saturated carbocycles. The summed E-state index contributed by atoms with van der Waals surface area (Å²) in [7, 11) is 0. The molecule has 7 heteroatoms. The minimum Gasteiger partial charge on any atom is -0.378 e. The van der Waals surface area contributed by atoms with Gasteiger partial charge in [-0.3, -0.25) is 9.48 Å². The summed E-state index contributed by atoms with van der Waals surface area (Å²) in [6.45, 7) is 5.98. The molecule has 1 heterocycles. The van der Waals surface area contributed by atoms with Crippen molar-refractivity contribution in [3.63, 3.8) is 0 Å². The molecule has 0 spiro atoms. The number of hydrogen-bond donors (Lipinski definition) is 2. The first kappa shape index (κ1) is 16.8. The Labute approximate surface area is 138 Å². The molecule has 5 nitrogen and oxygen atoms in total. The SMILES string of the molecule is CC(C)(C)n1cc(NC(=O)C(O)c2cc(Cl)cc(Cl)c2)cn1. The van der Waals surface area contributed by atoms with Crippen molar-refractivity contribution in [3.8, 4) is 0 Å². The van der Waals surface area contributed by atoms with Gasteiger partial charge in [0.25, 0.3) is 5.91 Å². The van der Waals surface area contributed by atoms with Crippen LogP contribution in [-0.4, -0.2) is 20.8 Å². The highest BCUT2D eigenvalue weighted by Gasteiger charge is 2.20. The summed E-state index contributed by atoms with van der Waals surface area (Å²) in [4.78, 5) is 12.1. The average molecular weight is 342 g/mol. The zero-order chi connectivity index (χ0) is 16.5. The third kappa shape index (κ3) is 4.00. The molecule has 22 heavy (non-hydrogen) atoms. The van der Waals surface area contributed by atoms with Gasteiger partial charge in [0.05, 0.1) is 17.4 Å². The molecule has 2 rings (SSSR count). The van der Waals surface area contributed by atoms with Crippen molar-refractivity contribution in [1.82, 2.24) is 9.78 Å². The number of benzene rings is 1. The molecule has 118 valence electrons. The summed E-state index contributed by atoms with van der Waals surface area (Å²) < 4.78 is 1.73. The Morgan fingerprint density at radius 3 is 2.36 bits per heavy atom. The first-order valence-corrected chi connectivity index (χ1v) is 7.42. The van der Waals surface area contributed by atoms with Gasteiger partial charge in [-0.05, 0) is 44.5 Å². The van der Waals surface area contributed by atoms with E-state index in [4.69, 9.17) is 23.2 Å². The van der Waals surface area contributed by atoms with Crippen LogP contribution in [0.15, 0.2) is 30.6 Å². The molecule has 1 atom stereocenters. The molecule has 0 aliphatic heterocycles. The highest BCUT2D eigenvalue weighted by atomic mass is 35.5. The van der Waals surface area contributed by atoms with Gasteiger partial charge in [-0.25, -0.2) is 0 Å². The lowest BCUT2D eigenvalue weighted by Gasteiger charge is -2.18. The van der Waals surface area contributed by atoms with Crippen LogP contribution in [0.25, 0.3) is 0 Å². The van der Waals surface area contributed by atoms with E-state index in [0.717, 1.165) is 0 Å². The number of nitrogens with one attached hydrogen (secondary N) is 1. The van der Waals surface area contributed by atoms with E-state index in [1.54, 1.807) is 10.9 Å². The van der Waals surface area contributed by atoms with Crippen LogP contribution in [0.5, 0.6) is 0 Å². The lowest BCUT2D eigenvalue weighted by Crippen LogP contribution is -2.22. The largest absolute Gasteiger partial charge is 0.378 e. The number of aromatic nitrogens is 2. The predicted octanol–water partition coefficient (Wildman–Crippen LogP) is 3.62. The van der Waals surface area contributed by atoms with Gasteiger partial charge in [0.2, 0.25) is 0 Å². The van der Waals surface area contributed by atoms with Crippen LogP contribution in [0.3, 0.4) is 0 Å². The minimum absolute atomic E-state index is 0.192. The van der Waals surface area contributed by atoms with Gasteiger partial charge in [0, 0.05) is 16.2 Å². The Kier molecular flexibility index (Phi) is 4.80. The van der Waals surface area contributed by atoms with Crippen LogP contribution in [0, 0.1) is 0 Å². The highest BCUT2D eigenvalue weighted by Crippen LogP contribution is 2.24. The van der Waals surface area contributed by atoms with Gasteiger partial charge in [-0.1, -0.05) is 23.2 Å². The molecule has 0 saturated heterocycles. The van der Waals surface area contributed by atoms with Crippen LogP contribution >= 0.6 is 23.2 Å². The fourth-order valence-electron chi connectivity index (χ4n) is 1.85. The number of anilines is 1. The summed E-state index contributed by atoms with van der Waals surface area (Å²) >= 11 is 11.7. The Bertz CT molecular complexity index is 672. The molecule has 0 fully saturated rings. The maximum Gasteiger partial charge on any atom is 0.257 e. The Hall–Kier alpha value is -1.56. The van der Waals surface area contributed by atoms with E-state index < -0.39 is 12.0 Å². The van der Waals surface area contributed by atoms with Crippen LogP contribution < -0.4 is 5.32 Å². The van der Waals surface area contributed by atoms with Crippen molar-refractivity contribution in [2.75, 3.05) is 5.32 Å². The molecule has 0 aliphatic rings. The number of halogens is 2. The summed E-state index contributed by atoms with van der Waals surface area (Å²) in [6.07, 6.45) is 1.87. The van der Waals surface area contributed by atoms with Crippen LogP contribution in [0.4, 0.5) is 5.69 Å². The second-order valence-corrected chi connectivity index (χ2v) is 6.81. The van der Waals surface area contributed by atoms with Gasteiger partial charge in [-0.15, -0.1) is 0 Å². The zero-order valence-electron chi connectivity index (χ0n) is 12.5. The number of rotatable bonds is 3. The van der Waals surface area contributed by atoms with Crippen molar-refractivity contribution in [2.24, 2.45) is 0 Å². The van der Waals surface area contributed by atoms with Crippen molar-refractivity contribution >= 4 is 34.8 Å². The first-order valence-electron chi connectivity index (χ1n) is 6.67. The minimum atomic E-state index is -1.37. The maximum absolute atomic E-state index is 12.1. The van der Waals surface area contributed by atoms with Crippen LogP contribution in [-0.2, 0) is 10.3 Å². The summed E-state index contributed by atoms with van der Waals surface area (Å²) in [5, 5.41) is 17.6. The summed E-state index contributed by atoms with van der Waals surface area (Å²) in [5.41, 5.74) is 0.646. The summed E-state index contributed by atoms with van der Waals surface area (Å²) in [6, 6.07) is 4.52. The predicted molar refractivity (Wildman–Crippen MR) is 87.3 cm³/mol. The molecule has 0 radical (unpaired) electrons. The van der Waals surface area contributed by atoms with Gasteiger partial charge in [0.15, 0.2) is 6.10 Å². The van der Waals surface area contributed by atoms with E-state index in [1.807, 2.05) is 20.8 Å². The monoisotopic (exact) mass is 341 g/mol. The number of hydrogen-bond acceptors (Lipinski definition) is 3. The number of aliphatic hydroxyl groups is 1. The Balaban J connectivity index is 2.13. The van der Waals surface area contributed by atoms with Crippen molar-refractivity contribution in [1.29, 1.82) is 0 Å². The second-order valence-electron chi connectivity index (χ2n) is 5.94. The lowest BCUT2D eigenvalue weighted by molar-refractivity contribution is -0.124. The fraction of sp³-hybridized carbons (Fsp3) is 0.333. The second kappa shape index (κ2) is 6.28. The smallest absolute Gasteiger partial charge is 0.257 e. The van der Waals surface area contributed by atoms with Crippen molar-refractivity contribution < 1.29 is 9.90 Å².